The van der Waals surface area contributed by atoms with E-state index in [2.05, 4.69) is 10.6 Å². The van der Waals surface area contributed by atoms with Gasteiger partial charge in [0.1, 0.15) is 18.7 Å². The summed E-state index contributed by atoms with van der Waals surface area (Å²) in [5, 5.41) is 13.6. The number of carbonyl (C=O) groups excluding carboxylic acids is 2. The molecule has 1 aliphatic rings. The van der Waals surface area contributed by atoms with Gasteiger partial charge in [-0.15, -0.1) is 0 Å². The number of halogens is 2. The molecular weight excluding hydrogens is 458 g/mol. The number of alkyl carbamates (subject to hydrolysis) is 1. The first kappa shape index (κ1) is 26.1. The van der Waals surface area contributed by atoms with Crippen LogP contribution in [0.15, 0.2) is 48.5 Å². The normalized spacial score (nSPS) is 14.2. The number of rotatable bonds is 11. The van der Waals surface area contributed by atoms with Gasteiger partial charge in [-0.3, -0.25) is 4.79 Å². The molecule has 2 amide bonds. The van der Waals surface area contributed by atoms with Gasteiger partial charge in [0.2, 0.25) is 5.91 Å². The number of carbonyl (C=O) groups is 3. The van der Waals surface area contributed by atoms with Gasteiger partial charge in [0.05, 0.1) is 6.42 Å². The molecule has 1 aliphatic carbocycles. The van der Waals surface area contributed by atoms with E-state index in [1.165, 1.54) is 0 Å². The molecule has 2 aromatic carbocycles. The van der Waals surface area contributed by atoms with Crippen molar-refractivity contribution in [2.24, 2.45) is 5.92 Å². The van der Waals surface area contributed by atoms with Crippen molar-refractivity contribution in [1.82, 2.24) is 10.6 Å². The van der Waals surface area contributed by atoms with Crippen LogP contribution in [0, 0.1) is 5.92 Å². The Balaban J connectivity index is 1.58. The predicted octanol–water partition coefficient (Wildman–Crippen LogP) is 4.55. The first-order valence-electron chi connectivity index (χ1n) is 11.6. The average Bonchev–Trinajstić information content (AvgIpc) is 3.13. The summed E-state index contributed by atoms with van der Waals surface area (Å²) < 4.78 is 32.4. The zero-order valence-electron chi connectivity index (χ0n) is 19.7. The molecule has 2 atom stereocenters. The van der Waals surface area contributed by atoms with Crippen molar-refractivity contribution in [3.8, 4) is 11.1 Å². The molecule has 7 nitrogen and oxygen atoms in total. The Morgan fingerprint density at radius 3 is 2.03 bits per heavy atom. The molecule has 188 valence electrons. The van der Waals surface area contributed by atoms with Crippen LogP contribution in [0.1, 0.15) is 50.2 Å². The highest BCUT2D eigenvalue weighted by molar-refractivity contribution is 5.84. The summed E-state index contributed by atoms with van der Waals surface area (Å²) in [5.41, 5.74) is 4.02. The molecule has 9 heteroatoms. The highest BCUT2D eigenvalue weighted by Gasteiger charge is 2.31. The van der Waals surface area contributed by atoms with Gasteiger partial charge >= 0.3 is 12.1 Å². The topological polar surface area (TPSA) is 105 Å². The van der Waals surface area contributed by atoms with Crippen LogP contribution in [-0.2, 0) is 14.3 Å². The van der Waals surface area contributed by atoms with Crippen LogP contribution in [-0.4, -0.2) is 48.2 Å². The molecule has 0 saturated carbocycles. The maximum atomic E-state index is 13.5. The molecule has 2 unspecified atom stereocenters. The number of ether oxygens (including phenoxy) is 1. The molecule has 0 aliphatic heterocycles. The first-order valence-corrected chi connectivity index (χ1v) is 11.6. The summed E-state index contributed by atoms with van der Waals surface area (Å²) in [6.07, 6.45) is -4.15. The zero-order valence-corrected chi connectivity index (χ0v) is 19.7. The number of carboxylic acids is 1. The molecular formula is C26H30F2N2O5. The number of alkyl halides is 2. The lowest BCUT2D eigenvalue weighted by atomic mass is 9.98. The number of fused-ring (bicyclic) bond motifs is 3. The van der Waals surface area contributed by atoms with E-state index in [0.29, 0.717) is 6.42 Å². The Bertz CT molecular complexity index is 1010. The lowest BCUT2D eigenvalue weighted by molar-refractivity contribution is -0.142. The van der Waals surface area contributed by atoms with E-state index in [-0.39, 0.29) is 24.9 Å². The second-order valence-electron chi connectivity index (χ2n) is 9.04. The zero-order chi connectivity index (χ0) is 25.5. The van der Waals surface area contributed by atoms with E-state index in [4.69, 9.17) is 4.74 Å². The van der Waals surface area contributed by atoms with E-state index in [1.54, 1.807) is 0 Å². The summed E-state index contributed by atoms with van der Waals surface area (Å²) in [5.74, 6) is -2.14. The van der Waals surface area contributed by atoms with Crippen molar-refractivity contribution < 1.29 is 33.0 Å². The highest BCUT2D eigenvalue weighted by Crippen LogP contribution is 2.44. The van der Waals surface area contributed by atoms with Crippen LogP contribution in [0.4, 0.5) is 13.6 Å². The molecule has 2 aromatic rings. The third-order valence-electron chi connectivity index (χ3n) is 6.02. The van der Waals surface area contributed by atoms with Crippen molar-refractivity contribution in [1.29, 1.82) is 0 Å². The molecule has 0 radical (unpaired) electrons. The standard InChI is InChI=1S/C26H30F2N2O5/c1-15(2)11-12-21(25(32)33)29-23(31)13-22(24(27)28)30-26(34)35-14-20-18-9-5-3-7-16(18)17-8-4-6-10-19(17)20/h3-10,15,20-22,24H,11-14H2,1-2H3,(H,29,31)(H,30,34)(H,32,33). The molecule has 0 heterocycles. The Kier molecular flexibility index (Phi) is 8.78. The van der Waals surface area contributed by atoms with Crippen molar-refractivity contribution >= 4 is 18.0 Å². The third kappa shape index (κ3) is 6.77. The highest BCUT2D eigenvalue weighted by atomic mass is 19.3. The molecule has 3 rings (SSSR count). The van der Waals surface area contributed by atoms with Crippen molar-refractivity contribution in [2.75, 3.05) is 6.61 Å². The maximum absolute atomic E-state index is 13.5. The van der Waals surface area contributed by atoms with Crippen LogP contribution < -0.4 is 10.6 Å². The van der Waals surface area contributed by atoms with E-state index >= 15 is 0 Å². The minimum atomic E-state index is -3.04. The number of nitrogens with one attached hydrogen (secondary N) is 2. The third-order valence-corrected chi connectivity index (χ3v) is 6.02. The molecule has 3 N–H and O–H groups in total. The van der Waals surface area contributed by atoms with E-state index in [1.807, 2.05) is 62.4 Å². The van der Waals surface area contributed by atoms with Gasteiger partial charge in [-0.05, 0) is 41.0 Å². The number of hydrogen-bond acceptors (Lipinski definition) is 4. The van der Waals surface area contributed by atoms with E-state index in [9.17, 15) is 28.3 Å². The van der Waals surface area contributed by atoms with Gasteiger partial charge in [0.25, 0.3) is 6.43 Å². The van der Waals surface area contributed by atoms with E-state index in [0.717, 1.165) is 22.3 Å². The minimum absolute atomic E-state index is 0.0572. The van der Waals surface area contributed by atoms with Crippen LogP contribution in [0.3, 0.4) is 0 Å². The van der Waals surface area contributed by atoms with Gasteiger partial charge < -0.3 is 20.5 Å². The molecule has 0 spiro atoms. The number of aliphatic carboxylic acids is 1. The summed E-state index contributed by atoms with van der Waals surface area (Å²) in [4.78, 5) is 36.0. The number of carboxylic acid groups (broad SMARTS) is 1. The van der Waals surface area contributed by atoms with E-state index < -0.39 is 42.9 Å². The predicted molar refractivity (Wildman–Crippen MR) is 126 cm³/mol. The summed E-state index contributed by atoms with van der Waals surface area (Å²) in [6, 6.07) is 12.4. The Morgan fingerprint density at radius 1 is 0.943 bits per heavy atom. The van der Waals surface area contributed by atoms with Crippen molar-refractivity contribution in [3.63, 3.8) is 0 Å². The second kappa shape index (κ2) is 11.8. The fourth-order valence-electron chi connectivity index (χ4n) is 4.20. The fourth-order valence-corrected chi connectivity index (χ4v) is 4.20. The smallest absolute Gasteiger partial charge is 0.407 e. The quantitative estimate of drug-likeness (QED) is 0.430. The van der Waals surface area contributed by atoms with Gasteiger partial charge in [-0.25, -0.2) is 18.4 Å². The molecule has 0 bridgehead atoms. The maximum Gasteiger partial charge on any atom is 0.407 e. The van der Waals surface area contributed by atoms with Crippen LogP contribution in [0.2, 0.25) is 0 Å². The summed E-state index contributed by atoms with van der Waals surface area (Å²) >= 11 is 0. The first-order chi connectivity index (χ1) is 16.7. The largest absolute Gasteiger partial charge is 0.480 e. The molecule has 0 aromatic heterocycles. The number of hydrogen-bond donors (Lipinski definition) is 3. The SMILES string of the molecule is CC(C)CCC(NC(=O)CC(NC(=O)OCC1c2ccccc2-c2ccccc21)C(F)F)C(=O)O. The molecule has 0 saturated heterocycles. The molecule has 35 heavy (non-hydrogen) atoms. The summed E-state index contributed by atoms with van der Waals surface area (Å²) in [6.45, 7) is 3.76. The van der Waals surface area contributed by atoms with Crippen LogP contribution >= 0.6 is 0 Å². The fraction of sp³-hybridized carbons (Fsp3) is 0.423. The minimum Gasteiger partial charge on any atom is -0.480 e. The Morgan fingerprint density at radius 2 is 1.51 bits per heavy atom. The van der Waals surface area contributed by atoms with Crippen LogP contribution in [0.25, 0.3) is 11.1 Å². The Hall–Kier alpha value is -3.49. The van der Waals surface area contributed by atoms with Gasteiger partial charge in [-0.2, -0.15) is 0 Å². The van der Waals surface area contributed by atoms with Gasteiger partial charge in [0.15, 0.2) is 0 Å². The number of benzene rings is 2. The average molecular weight is 489 g/mol. The Labute approximate surface area is 202 Å². The van der Waals surface area contributed by atoms with Gasteiger partial charge in [-0.1, -0.05) is 62.4 Å². The van der Waals surface area contributed by atoms with Crippen molar-refractivity contribution in [3.05, 3.63) is 59.7 Å². The second-order valence-corrected chi connectivity index (χ2v) is 9.04. The monoisotopic (exact) mass is 488 g/mol. The van der Waals surface area contributed by atoms with Crippen molar-refractivity contribution in [2.45, 2.75) is 57.5 Å². The lowest BCUT2D eigenvalue weighted by Crippen LogP contribution is -2.47. The van der Waals surface area contributed by atoms with Crippen LogP contribution in [0.5, 0.6) is 0 Å². The summed E-state index contributed by atoms with van der Waals surface area (Å²) in [7, 11) is 0. The number of amides is 2. The lowest BCUT2D eigenvalue weighted by Gasteiger charge is -2.21. The molecule has 0 fully saturated rings. The van der Waals surface area contributed by atoms with Gasteiger partial charge in [0, 0.05) is 5.92 Å².